The predicted octanol–water partition coefficient (Wildman–Crippen LogP) is 1.82. The lowest BCUT2D eigenvalue weighted by Gasteiger charge is -2.14. The van der Waals surface area contributed by atoms with Crippen molar-refractivity contribution in [1.82, 2.24) is 0 Å². The lowest BCUT2D eigenvalue weighted by atomic mass is 10.2. The molecule has 0 aromatic heterocycles. The van der Waals surface area contributed by atoms with E-state index in [4.69, 9.17) is 14.6 Å². The van der Waals surface area contributed by atoms with Crippen LogP contribution in [0.15, 0.2) is 21.5 Å². The van der Waals surface area contributed by atoms with E-state index in [1.807, 2.05) is 0 Å². The van der Waals surface area contributed by atoms with Gasteiger partial charge in [-0.3, -0.25) is 0 Å². The summed E-state index contributed by atoms with van der Waals surface area (Å²) in [5.41, 5.74) is -0.135. The monoisotopic (exact) mass is 383 g/mol. The molecule has 6 nitrogen and oxygen atoms in total. The van der Waals surface area contributed by atoms with E-state index >= 15 is 0 Å². The average molecular weight is 384 g/mol. The number of hydrogen-bond acceptors (Lipinski definition) is 5. The van der Waals surface area contributed by atoms with Crippen molar-refractivity contribution in [2.45, 2.75) is 24.8 Å². The number of carbonyl (C=O) groups is 1. The molecule has 21 heavy (non-hydrogen) atoms. The van der Waals surface area contributed by atoms with E-state index in [0.717, 1.165) is 12.1 Å². The van der Waals surface area contributed by atoms with Crippen molar-refractivity contribution in [3.8, 4) is 0 Å². The smallest absolute Gasteiger partial charge is 0.339 e. The Morgan fingerprint density at radius 2 is 2.10 bits per heavy atom. The lowest BCUT2D eigenvalue weighted by molar-refractivity contribution is 0.00428. The summed E-state index contributed by atoms with van der Waals surface area (Å²) in [6.07, 6.45) is -0.535. The Hall–Kier alpha value is -1.03. The van der Waals surface area contributed by atoms with Gasteiger partial charge in [0.1, 0.15) is 16.8 Å². The number of carbonyl (C=O) groups excluding carboxylic acids is 1. The van der Waals surface area contributed by atoms with Crippen LogP contribution in [0.2, 0.25) is 0 Å². The summed E-state index contributed by atoms with van der Waals surface area (Å²) in [5, 5.41) is 4.89. The Kier molecular flexibility index (Phi) is 6.26. The molecule has 1 unspecified atom stereocenters. The number of primary sulfonamides is 1. The van der Waals surface area contributed by atoms with Crippen molar-refractivity contribution in [2.24, 2.45) is 5.14 Å². The second-order valence-corrected chi connectivity index (χ2v) is 6.57. The number of nitrogens with two attached hydrogens (primary N) is 1. The topological polar surface area (TPSA) is 95.7 Å². The van der Waals surface area contributed by atoms with Gasteiger partial charge in [0.05, 0.1) is 12.2 Å². The molecule has 2 N–H and O–H groups in total. The standard InChI is InChI=1S/C12H15BrFNO5S/c1-3-19-6-7(2)20-12(16)8-4-11(21(15,17)18)10(14)5-9(8)13/h4-5,7H,3,6H2,1-2H3,(H2,15,17,18). The average Bonchev–Trinajstić information content (AvgIpc) is 2.34. The molecule has 0 aliphatic heterocycles. The number of hydrogen-bond donors (Lipinski definition) is 1. The van der Waals surface area contributed by atoms with Crippen molar-refractivity contribution in [3.05, 3.63) is 28.0 Å². The van der Waals surface area contributed by atoms with Gasteiger partial charge in [0.2, 0.25) is 10.0 Å². The van der Waals surface area contributed by atoms with E-state index in [9.17, 15) is 17.6 Å². The van der Waals surface area contributed by atoms with Crippen LogP contribution in [0.25, 0.3) is 0 Å². The Morgan fingerprint density at radius 3 is 2.62 bits per heavy atom. The van der Waals surface area contributed by atoms with Gasteiger partial charge >= 0.3 is 5.97 Å². The Morgan fingerprint density at radius 1 is 1.48 bits per heavy atom. The lowest BCUT2D eigenvalue weighted by Crippen LogP contribution is -2.21. The van der Waals surface area contributed by atoms with Crippen LogP contribution in [-0.4, -0.2) is 33.7 Å². The van der Waals surface area contributed by atoms with E-state index in [-0.39, 0.29) is 16.6 Å². The van der Waals surface area contributed by atoms with Crippen LogP contribution in [0.1, 0.15) is 24.2 Å². The van der Waals surface area contributed by atoms with Gasteiger partial charge < -0.3 is 9.47 Å². The Balaban J connectivity index is 3.05. The fraction of sp³-hybridized carbons (Fsp3) is 0.417. The van der Waals surface area contributed by atoms with Gasteiger partial charge in [0, 0.05) is 11.1 Å². The number of halogens is 2. The molecule has 0 bridgehead atoms. The number of benzene rings is 1. The molecule has 118 valence electrons. The van der Waals surface area contributed by atoms with Crippen LogP contribution in [0.3, 0.4) is 0 Å². The minimum atomic E-state index is -4.28. The van der Waals surface area contributed by atoms with E-state index in [1.54, 1.807) is 13.8 Å². The SMILES string of the molecule is CCOCC(C)OC(=O)c1cc(S(N)(=O)=O)c(F)cc1Br. The highest BCUT2D eigenvalue weighted by molar-refractivity contribution is 9.10. The summed E-state index contributed by atoms with van der Waals surface area (Å²) in [6, 6.07) is 1.69. The normalized spacial score (nSPS) is 13.0. The molecular weight excluding hydrogens is 369 g/mol. The first-order valence-corrected chi connectivity index (χ1v) is 8.31. The summed E-state index contributed by atoms with van der Waals surface area (Å²) in [6.45, 7) is 4.08. The number of ether oxygens (including phenoxy) is 2. The molecular formula is C12H15BrFNO5S. The van der Waals surface area contributed by atoms with Gasteiger partial charge in [-0.1, -0.05) is 0 Å². The molecule has 0 fully saturated rings. The predicted molar refractivity (Wildman–Crippen MR) is 76.8 cm³/mol. The second-order valence-electron chi connectivity index (χ2n) is 4.18. The molecule has 1 atom stereocenters. The summed E-state index contributed by atoms with van der Waals surface area (Å²) >= 11 is 2.98. The number of rotatable bonds is 6. The molecule has 0 heterocycles. The minimum absolute atomic E-state index is 0.0704. The van der Waals surface area contributed by atoms with Gasteiger partial charge in [-0.15, -0.1) is 0 Å². The number of esters is 1. The molecule has 0 saturated heterocycles. The van der Waals surface area contributed by atoms with Crippen molar-refractivity contribution in [1.29, 1.82) is 0 Å². The molecule has 0 saturated carbocycles. The molecule has 1 rings (SSSR count). The zero-order valence-electron chi connectivity index (χ0n) is 11.4. The highest BCUT2D eigenvalue weighted by Crippen LogP contribution is 2.24. The summed E-state index contributed by atoms with van der Waals surface area (Å²) in [7, 11) is -4.28. The van der Waals surface area contributed by atoms with Crippen molar-refractivity contribution < 1.29 is 27.1 Å². The van der Waals surface area contributed by atoms with Gasteiger partial charge in [-0.2, -0.15) is 0 Å². The van der Waals surface area contributed by atoms with Crippen LogP contribution in [0.5, 0.6) is 0 Å². The van der Waals surface area contributed by atoms with Gasteiger partial charge in [-0.25, -0.2) is 22.7 Å². The number of sulfonamides is 1. The van der Waals surface area contributed by atoms with Crippen LogP contribution in [0.4, 0.5) is 4.39 Å². The minimum Gasteiger partial charge on any atom is -0.457 e. The maximum absolute atomic E-state index is 13.6. The van der Waals surface area contributed by atoms with Crippen LogP contribution >= 0.6 is 15.9 Å². The first-order chi connectivity index (χ1) is 9.66. The molecule has 0 amide bonds. The van der Waals surface area contributed by atoms with Gasteiger partial charge in [0.25, 0.3) is 0 Å². The molecule has 0 aliphatic rings. The quantitative estimate of drug-likeness (QED) is 0.755. The van der Waals surface area contributed by atoms with Crippen LogP contribution in [0, 0.1) is 5.82 Å². The zero-order valence-corrected chi connectivity index (χ0v) is 13.8. The van der Waals surface area contributed by atoms with Crippen molar-refractivity contribution in [3.63, 3.8) is 0 Å². The Labute approximate surface area is 130 Å². The highest BCUT2D eigenvalue weighted by Gasteiger charge is 2.22. The first kappa shape index (κ1) is 18.0. The molecule has 9 heteroatoms. The summed E-state index contributed by atoms with van der Waals surface area (Å²) in [4.78, 5) is 11.2. The largest absolute Gasteiger partial charge is 0.457 e. The van der Waals surface area contributed by atoms with E-state index in [0.29, 0.717) is 6.61 Å². The van der Waals surface area contributed by atoms with Crippen molar-refractivity contribution in [2.75, 3.05) is 13.2 Å². The summed E-state index contributed by atoms with van der Waals surface area (Å²) in [5.74, 6) is -1.86. The fourth-order valence-electron chi connectivity index (χ4n) is 1.47. The maximum Gasteiger partial charge on any atom is 0.339 e. The molecule has 0 spiro atoms. The second kappa shape index (κ2) is 7.30. The van der Waals surface area contributed by atoms with Crippen LogP contribution < -0.4 is 5.14 Å². The molecule has 0 aliphatic carbocycles. The van der Waals surface area contributed by atoms with Gasteiger partial charge in [0.15, 0.2) is 0 Å². The fourth-order valence-corrected chi connectivity index (χ4v) is 2.56. The van der Waals surface area contributed by atoms with E-state index in [2.05, 4.69) is 15.9 Å². The maximum atomic E-state index is 13.6. The molecule has 1 aromatic rings. The van der Waals surface area contributed by atoms with Gasteiger partial charge in [-0.05, 0) is 41.9 Å². The third kappa shape index (κ3) is 5.03. The Bertz CT molecular complexity index is 635. The van der Waals surface area contributed by atoms with Crippen molar-refractivity contribution >= 4 is 31.9 Å². The highest BCUT2D eigenvalue weighted by atomic mass is 79.9. The third-order valence-corrected chi connectivity index (χ3v) is 3.99. The van der Waals surface area contributed by atoms with E-state index < -0.39 is 32.8 Å². The zero-order chi connectivity index (χ0) is 16.2. The van der Waals surface area contributed by atoms with Crippen LogP contribution in [-0.2, 0) is 19.5 Å². The first-order valence-electron chi connectivity index (χ1n) is 5.97. The van der Waals surface area contributed by atoms with E-state index in [1.165, 1.54) is 0 Å². The molecule has 0 radical (unpaired) electrons. The molecule has 1 aromatic carbocycles. The summed E-state index contributed by atoms with van der Waals surface area (Å²) < 4.78 is 46.3. The third-order valence-electron chi connectivity index (χ3n) is 2.41.